The number of carbonyl (C=O) groups is 2. The highest BCUT2D eigenvalue weighted by molar-refractivity contribution is 6.04. The summed E-state index contributed by atoms with van der Waals surface area (Å²) >= 11 is 0. The molecular weight excluding hydrogens is 428 g/mol. The van der Waals surface area contributed by atoms with Gasteiger partial charge >= 0.3 is 5.97 Å². The maximum absolute atomic E-state index is 12.7. The van der Waals surface area contributed by atoms with Crippen molar-refractivity contribution in [2.75, 3.05) is 33.8 Å². The molecule has 9 nitrogen and oxygen atoms in total. The van der Waals surface area contributed by atoms with Gasteiger partial charge in [-0.25, -0.2) is 4.79 Å². The number of aromatic carboxylic acids is 1. The van der Waals surface area contributed by atoms with Gasteiger partial charge in [-0.05, 0) is 30.3 Å². The number of ether oxygens (including phenoxy) is 4. The van der Waals surface area contributed by atoms with Crippen LogP contribution < -0.4 is 24.3 Å². The van der Waals surface area contributed by atoms with Crippen molar-refractivity contribution in [3.8, 4) is 28.7 Å². The molecule has 1 aliphatic rings. The Morgan fingerprint density at radius 1 is 0.970 bits per heavy atom. The lowest BCUT2D eigenvalue weighted by Gasteiger charge is -2.28. The van der Waals surface area contributed by atoms with Crippen LogP contribution in [0.15, 0.2) is 42.6 Å². The Morgan fingerprint density at radius 2 is 1.61 bits per heavy atom. The number of nitrogens with zero attached hydrogens (tertiary/aromatic N) is 1. The first-order valence-corrected chi connectivity index (χ1v) is 10.1. The maximum Gasteiger partial charge on any atom is 0.339 e. The van der Waals surface area contributed by atoms with Crippen LogP contribution in [0.5, 0.6) is 23.0 Å². The Hall–Kier alpha value is -4.14. The van der Waals surface area contributed by atoms with Gasteiger partial charge in [-0.15, -0.1) is 0 Å². The molecule has 1 amide bonds. The van der Waals surface area contributed by atoms with Crippen LogP contribution in [0.2, 0.25) is 0 Å². The van der Waals surface area contributed by atoms with Gasteiger partial charge in [0.2, 0.25) is 5.91 Å². The number of fused-ring (bicyclic) bond motifs is 1. The zero-order valence-corrected chi connectivity index (χ0v) is 18.7. The molecule has 9 heteroatoms. The molecular formula is C24H24N2O7. The van der Waals surface area contributed by atoms with Crippen LogP contribution in [0.4, 0.5) is 5.69 Å². The SMILES string of the molecule is COc1ccc(-n2cc(C(=O)O)c3c2C(c2cc(OC)c(OC)cc2OC)CC(=O)N3)cc1. The normalized spacial score (nSPS) is 14.8. The number of rotatable bonds is 7. The number of hydrogen-bond donors (Lipinski definition) is 2. The molecule has 2 aromatic carbocycles. The number of nitrogens with one attached hydrogen (secondary N) is 1. The number of benzene rings is 2. The fourth-order valence-electron chi connectivity index (χ4n) is 4.17. The zero-order chi connectivity index (χ0) is 23.7. The number of amides is 1. The Labute approximate surface area is 190 Å². The van der Waals surface area contributed by atoms with E-state index < -0.39 is 11.9 Å². The largest absolute Gasteiger partial charge is 0.497 e. The molecule has 1 unspecified atom stereocenters. The predicted molar refractivity (Wildman–Crippen MR) is 120 cm³/mol. The van der Waals surface area contributed by atoms with Crippen LogP contribution >= 0.6 is 0 Å². The molecule has 2 N–H and O–H groups in total. The van der Waals surface area contributed by atoms with Gasteiger partial charge in [0, 0.05) is 35.9 Å². The van der Waals surface area contributed by atoms with Crippen LogP contribution in [-0.2, 0) is 4.79 Å². The van der Waals surface area contributed by atoms with E-state index in [2.05, 4.69) is 5.32 Å². The molecule has 0 saturated carbocycles. The summed E-state index contributed by atoms with van der Waals surface area (Å²) in [5.41, 5.74) is 2.29. The first-order chi connectivity index (χ1) is 15.9. The fourth-order valence-corrected chi connectivity index (χ4v) is 4.17. The van der Waals surface area contributed by atoms with Crippen molar-refractivity contribution in [1.29, 1.82) is 0 Å². The summed E-state index contributed by atoms with van der Waals surface area (Å²) in [6, 6.07) is 10.7. The lowest BCUT2D eigenvalue weighted by Crippen LogP contribution is -2.26. The van der Waals surface area contributed by atoms with E-state index >= 15 is 0 Å². The lowest BCUT2D eigenvalue weighted by atomic mass is 9.87. The summed E-state index contributed by atoms with van der Waals surface area (Å²) in [7, 11) is 6.15. The van der Waals surface area contributed by atoms with Crippen molar-refractivity contribution < 1.29 is 33.6 Å². The van der Waals surface area contributed by atoms with Crippen LogP contribution in [0.3, 0.4) is 0 Å². The number of carbonyl (C=O) groups excluding carboxylic acids is 1. The zero-order valence-electron chi connectivity index (χ0n) is 18.7. The van der Waals surface area contributed by atoms with Gasteiger partial charge in [-0.2, -0.15) is 0 Å². The van der Waals surface area contributed by atoms with E-state index in [1.807, 2.05) is 12.1 Å². The standard InChI is InChI=1S/C24H24N2O7/c1-30-14-7-5-13(6-8-14)26-12-17(24(28)29)22-23(26)16(10-21(27)25-22)15-9-19(32-3)20(33-4)11-18(15)31-2/h5-9,11-12,16H,10H2,1-4H3,(H,25,27)(H,28,29). The van der Waals surface area contributed by atoms with Gasteiger partial charge in [0.25, 0.3) is 0 Å². The van der Waals surface area contributed by atoms with E-state index in [-0.39, 0.29) is 23.6 Å². The summed E-state index contributed by atoms with van der Waals surface area (Å²) < 4.78 is 23.5. The number of methoxy groups -OCH3 is 4. The van der Waals surface area contributed by atoms with Crippen LogP contribution in [-0.4, -0.2) is 50.0 Å². The van der Waals surface area contributed by atoms with E-state index in [1.165, 1.54) is 27.5 Å². The molecule has 1 aliphatic heterocycles. The van der Waals surface area contributed by atoms with Crippen molar-refractivity contribution in [3.63, 3.8) is 0 Å². The Bertz CT molecular complexity index is 1210. The van der Waals surface area contributed by atoms with Gasteiger partial charge in [0.05, 0.1) is 39.8 Å². The van der Waals surface area contributed by atoms with E-state index in [1.54, 1.807) is 35.9 Å². The molecule has 1 atom stereocenters. The molecule has 0 aliphatic carbocycles. The van der Waals surface area contributed by atoms with Gasteiger partial charge < -0.3 is 33.9 Å². The Kier molecular flexibility index (Phi) is 5.87. The van der Waals surface area contributed by atoms with Crippen LogP contribution in [0.25, 0.3) is 5.69 Å². The minimum atomic E-state index is -1.14. The van der Waals surface area contributed by atoms with Gasteiger partial charge in [-0.1, -0.05) is 0 Å². The maximum atomic E-state index is 12.7. The minimum Gasteiger partial charge on any atom is -0.497 e. The Morgan fingerprint density at radius 3 is 2.18 bits per heavy atom. The van der Waals surface area contributed by atoms with E-state index in [4.69, 9.17) is 18.9 Å². The number of carboxylic acids is 1. The monoisotopic (exact) mass is 452 g/mol. The second kappa shape index (κ2) is 8.78. The average molecular weight is 452 g/mol. The molecule has 4 rings (SSSR count). The molecule has 33 heavy (non-hydrogen) atoms. The van der Waals surface area contributed by atoms with Crippen molar-refractivity contribution in [2.24, 2.45) is 0 Å². The summed E-state index contributed by atoms with van der Waals surface area (Å²) in [5.74, 6) is 0.191. The van der Waals surface area contributed by atoms with E-state index in [9.17, 15) is 14.7 Å². The van der Waals surface area contributed by atoms with Gasteiger partial charge in [0.1, 0.15) is 17.1 Å². The molecule has 172 valence electrons. The first kappa shape index (κ1) is 22.1. The van der Waals surface area contributed by atoms with Crippen LogP contribution in [0.1, 0.15) is 34.0 Å². The second-order valence-electron chi connectivity index (χ2n) is 7.43. The topological polar surface area (TPSA) is 108 Å². The number of carboxylic acid groups (broad SMARTS) is 1. The molecule has 3 aromatic rings. The minimum absolute atomic E-state index is 0.00156. The predicted octanol–water partition coefficient (Wildman–Crippen LogP) is 3.68. The fraction of sp³-hybridized carbons (Fsp3) is 0.250. The first-order valence-electron chi connectivity index (χ1n) is 10.1. The lowest BCUT2D eigenvalue weighted by molar-refractivity contribution is -0.116. The number of anilines is 1. The molecule has 0 spiro atoms. The summed E-state index contributed by atoms with van der Waals surface area (Å²) in [6.45, 7) is 0. The quantitative estimate of drug-likeness (QED) is 0.563. The smallest absolute Gasteiger partial charge is 0.339 e. The third kappa shape index (κ3) is 3.82. The molecule has 0 bridgehead atoms. The third-order valence-electron chi connectivity index (χ3n) is 5.72. The highest BCUT2D eigenvalue weighted by atomic mass is 16.5. The van der Waals surface area contributed by atoms with Crippen LogP contribution in [0, 0.1) is 0 Å². The Balaban J connectivity index is 1.98. The molecule has 2 heterocycles. The molecule has 0 radical (unpaired) electrons. The molecule has 1 aromatic heterocycles. The van der Waals surface area contributed by atoms with Gasteiger partial charge in [-0.3, -0.25) is 4.79 Å². The molecule has 0 saturated heterocycles. The van der Waals surface area contributed by atoms with Gasteiger partial charge in [0.15, 0.2) is 11.5 Å². The summed E-state index contributed by atoms with van der Waals surface area (Å²) in [4.78, 5) is 24.7. The molecule has 0 fully saturated rings. The highest BCUT2D eigenvalue weighted by Crippen LogP contribution is 2.47. The highest BCUT2D eigenvalue weighted by Gasteiger charge is 2.36. The van der Waals surface area contributed by atoms with E-state index in [0.717, 1.165) is 5.69 Å². The summed E-state index contributed by atoms with van der Waals surface area (Å²) in [6.07, 6.45) is 1.61. The van der Waals surface area contributed by atoms with Crippen molar-refractivity contribution in [1.82, 2.24) is 4.57 Å². The third-order valence-corrected chi connectivity index (χ3v) is 5.72. The van der Waals surface area contributed by atoms with E-state index in [0.29, 0.717) is 34.3 Å². The number of hydrogen-bond acceptors (Lipinski definition) is 6. The second-order valence-corrected chi connectivity index (χ2v) is 7.43. The summed E-state index contributed by atoms with van der Waals surface area (Å²) in [5, 5.41) is 12.6. The van der Waals surface area contributed by atoms with Crippen molar-refractivity contribution in [2.45, 2.75) is 12.3 Å². The van der Waals surface area contributed by atoms with Crippen molar-refractivity contribution >= 4 is 17.6 Å². The average Bonchev–Trinajstić information content (AvgIpc) is 3.22. The van der Waals surface area contributed by atoms with Crippen molar-refractivity contribution in [3.05, 3.63) is 59.4 Å². The number of aromatic nitrogens is 1.